The predicted molar refractivity (Wildman–Crippen MR) is 122 cm³/mol. The number of hydrogen-bond acceptors (Lipinski definition) is 4. The number of rotatable bonds is 9. The monoisotopic (exact) mass is 420 g/mol. The summed E-state index contributed by atoms with van der Waals surface area (Å²) < 4.78 is 5.11. The molecule has 30 heavy (non-hydrogen) atoms. The summed E-state index contributed by atoms with van der Waals surface area (Å²) in [6.45, 7) is 0.553. The van der Waals surface area contributed by atoms with Crippen LogP contribution in [0, 0.1) is 0 Å². The Hall–Kier alpha value is -3.25. The third-order valence-corrected chi connectivity index (χ3v) is 5.45. The Morgan fingerprint density at radius 2 is 1.57 bits per heavy atom. The van der Waals surface area contributed by atoms with Gasteiger partial charge in [0.2, 0.25) is 0 Å². The first-order valence-electron chi connectivity index (χ1n) is 9.61. The highest BCUT2D eigenvalue weighted by Gasteiger charge is 2.14. The molecule has 0 saturated heterocycles. The van der Waals surface area contributed by atoms with Crippen LogP contribution in [0.5, 0.6) is 5.75 Å². The fraction of sp³-hybridized carbons (Fsp3) is 0.167. The molecule has 0 saturated carbocycles. The van der Waals surface area contributed by atoms with Gasteiger partial charge in [0.25, 0.3) is 11.8 Å². The Bertz CT molecular complexity index is 975. The van der Waals surface area contributed by atoms with Gasteiger partial charge in [0.1, 0.15) is 5.75 Å². The third kappa shape index (κ3) is 6.12. The van der Waals surface area contributed by atoms with Gasteiger partial charge < -0.3 is 15.4 Å². The fourth-order valence-electron chi connectivity index (χ4n) is 2.82. The van der Waals surface area contributed by atoms with Crippen molar-refractivity contribution < 1.29 is 14.3 Å². The van der Waals surface area contributed by atoms with Crippen LogP contribution >= 0.6 is 11.8 Å². The average Bonchev–Trinajstić information content (AvgIpc) is 2.80. The number of para-hydroxylation sites is 1. The maximum absolute atomic E-state index is 12.6. The number of anilines is 1. The van der Waals surface area contributed by atoms with E-state index in [1.807, 2.05) is 18.2 Å². The highest BCUT2D eigenvalue weighted by atomic mass is 32.2. The van der Waals surface area contributed by atoms with Crippen molar-refractivity contribution in [3.8, 4) is 5.75 Å². The van der Waals surface area contributed by atoms with Crippen LogP contribution in [0.15, 0.2) is 78.9 Å². The van der Waals surface area contributed by atoms with Crippen molar-refractivity contribution in [1.82, 2.24) is 5.32 Å². The quantitative estimate of drug-likeness (QED) is 0.496. The summed E-state index contributed by atoms with van der Waals surface area (Å²) in [5, 5.41) is 5.75. The zero-order valence-electron chi connectivity index (χ0n) is 16.8. The van der Waals surface area contributed by atoms with Crippen LogP contribution in [0.2, 0.25) is 0 Å². The molecule has 0 aliphatic carbocycles. The number of thioether (sulfide) groups is 1. The maximum Gasteiger partial charge on any atom is 0.255 e. The minimum Gasteiger partial charge on any atom is -0.497 e. The fourth-order valence-corrected chi connectivity index (χ4v) is 3.64. The Kier molecular flexibility index (Phi) is 7.92. The van der Waals surface area contributed by atoms with Crippen LogP contribution in [0.4, 0.5) is 5.69 Å². The van der Waals surface area contributed by atoms with E-state index in [9.17, 15) is 9.59 Å². The Labute approximate surface area is 180 Å². The number of methoxy groups -OCH3 is 1. The van der Waals surface area contributed by atoms with Crippen LogP contribution in [0.1, 0.15) is 26.3 Å². The Balaban J connectivity index is 1.53. The highest BCUT2D eigenvalue weighted by molar-refractivity contribution is 7.98. The van der Waals surface area contributed by atoms with Gasteiger partial charge in [-0.1, -0.05) is 42.5 Å². The minimum atomic E-state index is -0.281. The molecular formula is C24H24N2O3S. The molecule has 3 aromatic rings. The van der Waals surface area contributed by atoms with Gasteiger partial charge in [-0.25, -0.2) is 0 Å². The summed E-state index contributed by atoms with van der Waals surface area (Å²) in [5.74, 6) is 1.90. The zero-order chi connectivity index (χ0) is 21.2. The normalized spacial score (nSPS) is 10.3. The first-order valence-corrected chi connectivity index (χ1v) is 10.8. The number of carbonyl (C=O) groups excluding carboxylic acids is 2. The lowest BCUT2D eigenvalue weighted by Crippen LogP contribution is -2.27. The van der Waals surface area contributed by atoms with E-state index < -0.39 is 0 Å². The van der Waals surface area contributed by atoms with Crippen molar-refractivity contribution in [2.75, 3.05) is 24.7 Å². The van der Waals surface area contributed by atoms with Gasteiger partial charge in [-0.05, 0) is 42.0 Å². The van der Waals surface area contributed by atoms with E-state index in [1.54, 1.807) is 67.4 Å². The third-order valence-electron chi connectivity index (χ3n) is 4.42. The minimum absolute atomic E-state index is 0.207. The largest absolute Gasteiger partial charge is 0.497 e. The molecule has 0 fully saturated rings. The summed E-state index contributed by atoms with van der Waals surface area (Å²) in [4.78, 5) is 25.1. The molecule has 0 aliphatic rings. The molecule has 6 heteroatoms. The van der Waals surface area contributed by atoms with Gasteiger partial charge in [0.15, 0.2) is 0 Å². The molecule has 5 nitrogen and oxygen atoms in total. The summed E-state index contributed by atoms with van der Waals surface area (Å²) in [7, 11) is 1.57. The Morgan fingerprint density at radius 1 is 0.867 bits per heavy atom. The number of hydrogen-bond donors (Lipinski definition) is 2. The van der Waals surface area contributed by atoms with Crippen LogP contribution in [-0.2, 0) is 5.75 Å². The van der Waals surface area contributed by atoms with Crippen LogP contribution in [0.25, 0.3) is 0 Å². The molecule has 0 spiro atoms. The van der Waals surface area contributed by atoms with Crippen molar-refractivity contribution in [3.63, 3.8) is 0 Å². The maximum atomic E-state index is 12.6. The van der Waals surface area contributed by atoms with Crippen LogP contribution in [0.3, 0.4) is 0 Å². The van der Waals surface area contributed by atoms with Crippen molar-refractivity contribution in [2.24, 2.45) is 0 Å². The number of carbonyl (C=O) groups is 2. The molecule has 2 N–H and O–H groups in total. The standard InChI is InChI=1S/C24H24N2O3S/c1-29-20-13-11-19(12-14-20)23(27)26-22-10-6-5-9-21(22)24(28)25-15-16-30-17-18-7-3-2-4-8-18/h2-14H,15-17H2,1H3,(H,25,28)(H,26,27). The molecule has 0 aliphatic heterocycles. The summed E-state index contributed by atoms with van der Waals surface area (Å²) >= 11 is 1.76. The van der Waals surface area contributed by atoms with Crippen molar-refractivity contribution in [2.45, 2.75) is 5.75 Å². The lowest BCUT2D eigenvalue weighted by molar-refractivity contribution is 0.0957. The topological polar surface area (TPSA) is 67.4 Å². The molecule has 0 radical (unpaired) electrons. The number of amides is 2. The van der Waals surface area contributed by atoms with E-state index in [0.717, 1.165) is 11.5 Å². The summed E-state index contributed by atoms with van der Waals surface area (Å²) in [6.07, 6.45) is 0. The second-order valence-corrected chi connectivity index (χ2v) is 7.63. The van der Waals surface area contributed by atoms with Crippen molar-refractivity contribution >= 4 is 29.3 Å². The van der Waals surface area contributed by atoms with Gasteiger partial charge in [-0.3, -0.25) is 9.59 Å². The van der Waals surface area contributed by atoms with E-state index in [0.29, 0.717) is 29.1 Å². The van der Waals surface area contributed by atoms with E-state index in [4.69, 9.17) is 4.74 Å². The first-order chi connectivity index (χ1) is 14.7. The van der Waals surface area contributed by atoms with Gasteiger partial charge in [0.05, 0.1) is 18.4 Å². The van der Waals surface area contributed by atoms with Crippen molar-refractivity contribution in [3.05, 3.63) is 95.6 Å². The Morgan fingerprint density at radius 3 is 2.30 bits per heavy atom. The molecule has 3 rings (SSSR count). The molecule has 0 aromatic heterocycles. The molecule has 0 bridgehead atoms. The van der Waals surface area contributed by atoms with Crippen molar-refractivity contribution in [1.29, 1.82) is 0 Å². The second kappa shape index (κ2) is 11.1. The molecule has 154 valence electrons. The van der Waals surface area contributed by atoms with Crippen LogP contribution < -0.4 is 15.4 Å². The molecule has 2 amide bonds. The van der Waals surface area contributed by atoms with E-state index in [1.165, 1.54) is 5.56 Å². The lowest BCUT2D eigenvalue weighted by Gasteiger charge is -2.12. The van der Waals surface area contributed by atoms with Gasteiger partial charge >= 0.3 is 0 Å². The van der Waals surface area contributed by atoms with Gasteiger partial charge in [0, 0.05) is 23.6 Å². The predicted octanol–water partition coefficient (Wildman–Crippen LogP) is 4.61. The molecule has 0 unspecified atom stereocenters. The van der Waals surface area contributed by atoms with Gasteiger partial charge in [-0.2, -0.15) is 11.8 Å². The van der Waals surface area contributed by atoms with Gasteiger partial charge in [-0.15, -0.1) is 0 Å². The number of nitrogens with one attached hydrogen (secondary N) is 2. The van der Waals surface area contributed by atoms with Crippen LogP contribution in [-0.4, -0.2) is 31.2 Å². The van der Waals surface area contributed by atoms with E-state index >= 15 is 0 Å². The smallest absolute Gasteiger partial charge is 0.255 e. The molecular weight excluding hydrogens is 396 g/mol. The molecule has 3 aromatic carbocycles. The SMILES string of the molecule is COc1ccc(C(=O)Nc2ccccc2C(=O)NCCSCc2ccccc2)cc1. The lowest BCUT2D eigenvalue weighted by atomic mass is 10.1. The highest BCUT2D eigenvalue weighted by Crippen LogP contribution is 2.18. The molecule has 0 atom stereocenters. The first kappa shape index (κ1) is 21.5. The van der Waals surface area contributed by atoms with E-state index in [-0.39, 0.29) is 11.8 Å². The number of ether oxygens (including phenoxy) is 1. The second-order valence-electron chi connectivity index (χ2n) is 6.52. The number of benzene rings is 3. The molecule has 0 heterocycles. The summed E-state index contributed by atoms with van der Waals surface area (Å²) in [6, 6.07) is 24.0. The average molecular weight is 421 g/mol. The van der Waals surface area contributed by atoms with E-state index in [2.05, 4.69) is 22.8 Å². The zero-order valence-corrected chi connectivity index (χ0v) is 17.6. The summed E-state index contributed by atoms with van der Waals surface area (Å²) in [5.41, 5.74) is 2.67.